The fourth-order valence-electron chi connectivity index (χ4n) is 3.22. The number of β-amino-alcohol motifs (C(OH)–C–C–N with tert-alkyl or cyclic N) is 1. The minimum absolute atomic E-state index is 0.578. The molecule has 0 saturated carbocycles. The first-order valence-corrected chi connectivity index (χ1v) is 8.03. The predicted octanol–water partition coefficient (Wildman–Crippen LogP) is 1.86. The molecule has 2 aromatic rings. The number of nitrogens with zero attached hydrogens (tertiary/aromatic N) is 4. The van der Waals surface area contributed by atoms with Crippen molar-refractivity contribution in [2.45, 2.75) is 25.5 Å². The van der Waals surface area contributed by atoms with Crippen LogP contribution >= 0.6 is 0 Å². The summed E-state index contributed by atoms with van der Waals surface area (Å²) in [5, 5.41) is 10.9. The lowest BCUT2D eigenvalue weighted by molar-refractivity contribution is 0.0561. The Morgan fingerprint density at radius 2 is 2.04 bits per heavy atom. The molecule has 0 spiro atoms. The van der Waals surface area contributed by atoms with Crippen molar-refractivity contribution in [2.24, 2.45) is 0 Å². The van der Waals surface area contributed by atoms with Gasteiger partial charge >= 0.3 is 0 Å². The third kappa shape index (κ3) is 4.06. The van der Waals surface area contributed by atoms with Gasteiger partial charge in [0.1, 0.15) is 12.1 Å². The number of hydrogen-bond acceptors (Lipinski definition) is 5. The molecule has 1 N–H and O–H groups in total. The van der Waals surface area contributed by atoms with Gasteiger partial charge < -0.3 is 10.0 Å². The molecule has 0 radical (unpaired) electrons. The van der Waals surface area contributed by atoms with Gasteiger partial charge in [-0.3, -0.25) is 4.90 Å². The summed E-state index contributed by atoms with van der Waals surface area (Å²) >= 11 is 0. The van der Waals surface area contributed by atoms with Crippen LogP contribution in [0.1, 0.15) is 17.7 Å². The third-order valence-corrected chi connectivity index (χ3v) is 4.37. The molecule has 23 heavy (non-hydrogen) atoms. The predicted molar refractivity (Wildman–Crippen MR) is 91.3 cm³/mol. The first-order valence-electron chi connectivity index (χ1n) is 8.03. The van der Waals surface area contributed by atoms with Gasteiger partial charge in [-0.25, -0.2) is 9.97 Å². The van der Waals surface area contributed by atoms with Crippen LogP contribution in [0, 0.1) is 6.92 Å². The van der Waals surface area contributed by atoms with Gasteiger partial charge in [-0.15, -0.1) is 0 Å². The van der Waals surface area contributed by atoms with E-state index in [1.165, 1.54) is 5.56 Å². The number of rotatable bonds is 5. The smallest absolute Gasteiger partial charge is 0.132 e. The molecule has 0 bridgehead atoms. The average Bonchev–Trinajstić information content (AvgIpc) is 2.89. The Labute approximate surface area is 137 Å². The quantitative estimate of drug-likeness (QED) is 0.913. The van der Waals surface area contributed by atoms with E-state index in [1.807, 2.05) is 31.0 Å². The van der Waals surface area contributed by atoms with E-state index < -0.39 is 5.60 Å². The van der Waals surface area contributed by atoms with Gasteiger partial charge in [-0.1, -0.05) is 30.3 Å². The van der Waals surface area contributed by atoms with Crippen molar-refractivity contribution in [3.63, 3.8) is 0 Å². The fraction of sp³-hybridized carbons (Fsp3) is 0.444. The standard InChI is InChI=1S/C18H24N4O/c1-15-10-17(20-14-19-15)21(2)12-18(23)8-9-22(13-18)11-16-6-4-3-5-7-16/h3-7,10,14,23H,8-9,11-13H2,1-2H3. The molecule has 1 aliphatic rings. The minimum Gasteiger partial charge on any atom is -0.387 e. The summed E-state index contributed by atoms with van der Waals surface area (Å²) in [4.78, 5) is 12.7. The summed E-state index contributed by atoms with van der Waals surface area (Å²) in [5.41, 5.74) is 1.53. The van der Waals surface area contributed by atoms with Gasteiger partial charge in [-0.2, -0.15) is 0 Å². The zero-order valence-corrected chi connectivity index (χ0v) is 13.8. The monoisotopic (exact) mass is 312 g/mol. The summed E-state index contributed by atoms with van der Waals surface area (Å²) in [6, 6.07) is 12.4. The van der Waals surface area contributed by atoms with Crippen LogP contribution in [0.3, 0.4) is 0 Å². The summed E-state index contributed by atoms with van der Waals surface area (Å²) in [6.07, 6.45) is 2.36. The lowest BCUT2D eigenvalue weighted by atomic mass is 10.0. The minimum atomic E-state index is -0.692. The molecule has 1 unspecified atom stereocenters. The topological polar surface area (TPSA) is 52.5 Å². The third-order valence-electron chi connectivity index (χ3n) is 4.37. The molecular weight excluding hydrogens is 288 g/mol. The lowest BCUT2D eigenvalue weighted by Gasteiger charge is -2.29. The molecule has 1 atom stereocenters. The largest absolute Gasteiger partial charge is 0.387 e. The number of likely N-dealkylation sites (tertiary alicyclic amines) is 1. The lowest BCUT2D eigenvalue weighted by Crippen LogP contribution is -2.44. The maximum Gasteiger partial charge on any atom is 0.132 e. The van der Waals surface area contributed by atoms with E-state index in [4.69, 9.17) is 0 Å². The van der Waals surface area contributed by atoms with Gasteiger partial charge in [0.05, 0.1) is 5.60 Å². The van der Waals surface area contributed by atoms with Crippen LogP contribution in [0.25, 0.3) is 0 Å². The second-order valence-corrected chi connectivity index (χ2v) is 6.54. The highest BCUT2D eigenvalue weighted by Gasteiger charge is 2.37. The number of hydrogen-bond donors (Lipinski definition) is 1. The Hall–Kier alpha value is -1.98. The highest BCUT2D eigenvalue weighted by molar-refractivity contribution is 5.38. The second-order valence-electron chi connectivity index (χ2n) is 6.54. The van der Waals surface area contributed by atoms with Crippen molar-refractivity contribution < 1.29 is 5.11 Å². The highest BCUT2D eigenvalue weighted by atomic mass is 16.3. The fourth-order valence-corrected chi connectivity index (χ4v) is 3.22. The summed E-state index contributed by atoms with van der Waals surface area (Å²) in [6.45, 7) is 5.03. The number of aryl methyl sites for hydroxylation is 1. The molecule has 1 aliphatic heterocycles. The zero-order valence-electron chi connectivity index (χ0n) is 13.8. The van der Waals surface area contributed by atoms with Crippen molar-refractivity contribution in [3.05, 3.63) is 54.0 Å². The van der Waals surface area contributed by atoms with Gasteiger partial charge in [0, 0.05) is 45.0 Å². The second kappa shape index (κ2) is 6.64. The zero-order chi connectivity index (χ0) is 16.3. The Bertz CT molecular complexity index is 648. The van der Waals surface area contributed by atoms with Crippen LogP contribution in [0.2, 0.25) is 0 Å². The SMILES string of the molecule is Cc1cc(N(C)CC2(O)CCN(Cc3ccccc3)C2)ncn1. The van der Waals surface area contributed by atoms with Crippen LogP contribution in [-0.4, -0.2) is 52.3 Å². The molecule has 0 aliphatic carbocycles. The van der Waals surface area contributed by atoms with E-state index in [-0.39, 0.29) is 0 Å². The van der Waals surface area contributed by atoms with Gasteiger partial charge in [0.15, 0.2) is 0 Å². The van der Waals surface area contributed by atoms with Crippen LogP contribution in [-0.2, 0) is 6.54 Å². The highest BCUT2D eigenvalue weighted by Crippen LogP contribution is 2.25. The Kier molecular flexibility index (Phi) is 4.59. The molecule has 122 valence electrons. The van der Waals surface area contributed by atoms with Crippen molar-refractivity contribution in [1.82, 2.24) is 14.9 Å². The van der Waals surface area contributed by atoms with Crippen molar-refractivity contribution in [1.29, 1.82) is 0 Å². The van der Waals surface area contributed by atoms with E-state index in [1.54, 1.807) is 6.33 Å². The number of aliphatic hydroxyl groups is 1. The van der Waals surface area contributed by atoms with Crippen molar-refractivity contribution in [2.75, 3.05) is 31.6 Å². The van der Waals surface area contributed by atoms with Gasteiger partial charge in [0.25, 0.3) is 0 Å². The van der Waals surface area contributed by atoms with E-state index in [0.717, 1.165) is 31.0 Å². The van der Waals surface area contributed by atoms with E-state index >= 15 is 0 Å². The van der Waals surface area contributed by atoms with Gasteiger partial charge in [-0.05, 0) is 18.9 Å². The summed E-state index contributed by atoms with van der Waals surface area (Å²) in [5.74, 6) is 0.854. The molecule has 0 amide bonds. The molecule has 1 aromatic heterocycles. The molecule has 1 fully saturated rings. The van der Waals surface area contributed by atoms with Crippen molar-refractivity contribution >= 4 is 5.82 Å². The molecule has 1 aromatic carbocycles. The van der Waals surface area contributed by atoms with Crippen LogP contribution in [0.4, 0.5) is 5.82 Å². The van der Waals surface area contributed by atoms with E-state index in [9.17, 15) is 5.11 Å². The van der Waals surface area contributed by atoms with E-state index in [0.29, 0.717) is 13.1 Å². The van der Waals surface area contributed by atoms with Gasteiger partial charge in [0.2, 0.25) is 0 Å². The summed E-state index contributed by atoms with van der Waals surface area (Å²) < 4.78 is 0. The average molecular weight is 312 g/mol. The molecule has 5 nitrogen and oxygen atoms in total. The number of benzene rings is 1. The number of anilines is 1. The first-order chi connectivity index (χ1) is 11.0. The Balaban J connectivity index is 1.60. The molecule has 1 saturated heterocycles. The Morgan fingerprint density at radius 1 is 1.26 bits per heavy atom. The summed E-state index contributed by atoms with van der Waals surface area (Å²) in [7, 11) is 1.97. The van der Waals surface area contributed by atoms with Crippen LogP contribution in [0.5, 0.6) is 0 Å². The first kappa shape index (κ1) is 15.9. The molecule has 3 rings (SSSR count). The van der Waals surface area contributed by atoms with Crippen LogP contribution < -0.4 is 4.90 Å². The molecule has 2 heterocycles. The maximum atomic E-state index is 10.9. The maximum absolute atomic E-state index is 10.9. The van der Waals surface area contributed by atoms with Crippen LogP contribution in [0.15, 0.2) is 42.7 Å². The van der Waals surface area contributed by atoms with Crippen molar-refractivity contribution in [3.8, 4) is 0 Å². The normalized spacial score (nSPS) is 21.5. The Morgan fingerprint density at radius 3 is 2.78 bits per heavy atom. The molecular formula is C18H24N4O. The number of likely N-dealkylation sites (N-methyl/N-ethyl adjacent to an activating group) is 1. The van der Waals surface area contributed by atoms with E-state index in [2.05, 4.69) is 39.1 Å². The molecule has 5 heteroatoms. The number of aromatic nitrogens is 2.